The molecule has 0 amide bonds. The van der Waals surface area contributed by atoms with Gasteiger partial charge in [0, 0.05) is 51.2 Å². The van der Waals surface area contributed by atoms with Crippen molar-refractivity contribution >= 4 is 0 Å². The summed E-state index contributed by atoms with van der Waals surface area (Å²) < 4.78 is 0. The second-order valence-electron chi connectivity index (χ2n) is 4.21. The molecule has 0 radical (unpaired) electrons. The van der Waals surface area contributed by atoms with Gasteiger partial charge in [0.2, 0.25) is 0 Å². The standard InChI is InChI=1S/C11H19N3/c1-3-4-10(12-2)11-9-13-5-7-14(11)8-6-13/h1,10-12H,4-9H2,2H3. The first-order valence-electron chi connectivity index (χ1n) is 5.42. The minimum Gasteiger partial charge on any atom is -0.315 e. The summed E-state index contributed by atoms with van der Waals surface area (Å²) in [5, 5.41) is 3.35. The maximum Gasteiger partial charge on any atom is 0.0386 e. The third kappa shape index (κ3) is 1.78. The lowest BCUT2D eigenvalue weighted by molar-refractivity contribution is -0.00132. The average Bonchev–Trinajstić information content (AvgIpc) is 2.27. The molecule has 0 spiro atoms. The Hall–Kier alpha value is -0.560. The van der Waals surface area contributed by atoms with Gasteiger partial charge in [-0.05, 0) is 7.05 Å². The lowest BCUT2D eigenvalue weighted by atomic mass is 9.98. The van der Waals surface area contributed by atoms with Crippen molar-refractivity contribution in [2.45, 2.75) is 18.5 Å². The molecule has 2 atom stereocenters. The maximum absolute atomic E-state index is 5.39. The number of piperazine rings is 3. The molecule has 3 saturated heterocycles. The molecule has 0 saturated carbocycles. The van der Waals surface area contributed by atoms with E-state index in [2.05, 4.69) is 21.0 Å². The van der Waals surface area contributed by atoms with Crippen LogP contribution < -0.4 is 5.32 Å². The Labute approximate surface area is 86.4 Å². The molecule has 0 aromatic rings. The van der Waals surface area contributed by atoms with Crippen LogP contribution in [0.2, 0.25) is 0 Å². The van der Waals surface area contributed by atoms with Gasteiger partial charge >= 0.3 is 0 Å². The highest BCUT2D eigenvalue weighted by Gasteiger charge is 2.35. The van der Waals surface area contributed by atoms with E-state index in [1.54, 1.807) is 0 Å². The Balaban J connectivity index is 1.99. The number of rotatable bonds is 3. The van der Waals surface area contributed by atoms with Crippen LogP contribution in [-0.4, -0.2) is 61.7 Å². The van der Waals surface area contributed by atoms with Gasteiger partial charge in [0.25, 0.3) is 0 Å². The van der Waals surface area contributed by atoms with Crippen molar-refractivity contribution in [1.29, 1.82) is 0 Å². The number of fused-ring (bicyclic) bond motifs is 3. The normalized spacial score (nSPS) is 37.9. The Kier molecular flexibility index (Phi) is 3.07. The first kappa shape index (κ1) is 9.97. The third-order valence-electron chi connectivity index (χ3n) is 3.49. The predicted octanol–water partition coefficient (Wildman–Crippen LogP) is -0.402. The van der Waals surface area contributed by atoms with E-state index in [0.29, 0.717) is 12.1 Å². The minimum absolute atomic E-state index is 0.461. The summed E-state index contributed by atoms with van der Waals surface area (Å²) in [6.07, 6.45) is 6.23. The fourth-order valence-electron chi connectivity index (χ4n) is 2.60. The molecule has 3 fully saturated rings. The third-order valence-corrected chi connectivity index (χ3v) is 3.49. The molecule has 14 heavy (non-hydrogen) atoms. The largest absolute Gasteiger partial charge is 0.315 e. The summed E-state index contributed by atoms with van der Waals surface area (Å²) in [5.41, 5.74) is 0. The molecule has 3 aliphatic heterocycles. The quantitative estimate of drug-likeness (QED) is 0.615. The zero-order valence-corrected chi connectivity index (χ0v) is 8.87. The van der Waals surface area contributed by atoms with Gasteiger partial charge in [0.1, 0.15) is 0 Å². The number of likely N-dealkylation sites (N-methyl/N-ethyl adjacent to an activating group) is 1. The van der Waals surface area contributed by atoms with Gasteiger partial charge in [0.15, 0.2) is 0 Å². The van der Waals surface area contributed by atoms with E-state index in [9.17, 15) is 0 Å². The molecule has 3 nitrogen and oxygen atoms in total. The van der Waals surface area contributed by atoms with E-state index < -0.39 is 0 Å². The molecule has 3 rings (SSSR count). The van der Waals surface area contributed by atoms with Crippen molar-refractivity contribution < 1.29 is 0 Å². The van der Waals surface area contributed by atoms with Crippen LogP contribution in [0.3, 0.4) is 0 Å². The van der Waals surface area contributed by atoms with Gasteiger partial charge in [-0.15, -0.1) is 12.3 Å². The van der Waals surface area contributed by atoms with Crippen molar-refractivity contribution in [2.24, 2.45) is 0 Å². The van der Waals surface area contributed by atoms with Gasteiger partial charge in [-0.3, -0.25) is 9.80 Å². The lowest BCUT2D eigenvalue weighted by Crippen LogP contribution is -2.66. The Morgan fingerprint density at radius 1 is 1.43 bits per heavy atom. The number of nitrogens with one attached hydrogen (secondary N) is 1. The van der Waals surface area contributed by atoms with Crippen LogP contribution in [0.1, 0.15) is 6.42 Å². The molecule has 0 aromatic carbocycles. The molecule has 1 N–H and O–H groups in total. The van der Waals surface area contributed by atoms with Gasteiger partial charge in [-0.2, -0.15) is 0 Å². The highest BCUT2D eigenvalue weighted by molar-refractivity contribution is 5.00. The number of hydrogen-bond acceptors (Lipinski definition) is 3. The van der Waals surface area contributed by atoms with Gasteiger partial charge in [-0.1, -0.05) is 0 Å². The van der Waals surface area contributed by atoms with E-state index in [4.69, 9.17) is 6.42 Å². The monoisotopic (exact) mass is 193 g/mol. The predicted molar refractivity (Wildman–Crippen MR) is 58.1 cm³/mol. The van der Waals surface area contributed by atoms with E-state index in [1.165, 1.54) is 32.7 Å². The number of nitrogens with zero attached hydrogens (tertiary/aromatic N) is 2. The Morgan fingerprint density at radius 3 is 2.57 bits per heavy atom. The van der Waals surface area contributed by atoms with Crippen molar-refractivity contribution in [3.63, 3.8) is 0 Å². The fourth-order valence-corrected chi connectivity index (χ4v) is 2.60. The molecular formula is C11H19N3. The molecule has 78 valence electrons. The van der Waals surface area contributed by atoms with Crippen LogP contribution in [-0.2, 0) is 0 Å². The summed E-state index contributed by atoms with van der Waals surface area (Å²) in [6.45, 7) is 6.10. The van der Waals surface area contributed by atoms with E-state index in [1.807, 2.05) is 7.05 Å². The minimum atomic E-state index is 0.461. The van der Waals surface area contributed by atoms with E-state index in [-0.39, 0.29) is 0 Å². The number of hydrogen-bond donors (Lipinski definition) is 1. The topological polar surface area (TPSA) is 18.5 Å². The first-order chi connectivity index (χ1) is 6.85. The molecule has 2 bridgehead atoms. The van der Waals surface area contributed by atoms with Crippen molar-refractivity contribution in [3.8, 4) is 12.3 Å². The van der Waals surface area contributed by atoms with Crippen LogP contribution in [0.15, 0.2) is 0 Å². The molecular weight excluding hydrogens is 174 g/mol. The summed E-state index contributed by atoms with van der Waals surface area (Å²) in [4.78, 5) is 5.13. The zero-order valence-electron chi connectivity index (χ0n) is 8.87. The average molecular weight is 193 g/mol. The van der Waals surface area contributed by atoms with Gasteiger partial charge in [-0.25, -0.2) is 0 Å². The Bertz CT molecular complexity index is 225. The van der Waals surface area contributed by atoms with Gasteiger partial charge < -0.3 is 5.32 Å². The van der Waals surface area contributed by atoms with Crippen LogP contribution >= 0.6 is 0 Å². The van der Waals surface area contributed by atoms with Crippen LogP contribution in [0.5, 0.6) is 0 Å². The molecule has 3 heterocycles. The summed E-state index contributed by atoms with van der Waals surface area (Å²) in [6, 6.07) is 1.08. The van der Waals surface area contributed by atoms with Gasteiger partial charge in [0.05, 0.1) is 0 Å². The van der Waals surface area contributed by atoms with E-state index in [0.717, 1.165) is 6.42 Å². The summed E-state index contributed by atoms with van der Waals surface area (Å²) in [7, 11) is 2.01. The van der Waals surface area contributed by atoms with Crippen molar-refractivity contribution in [3.05, 3.63) is 0 Å². The molecule has 0 aliphatic carbocycles. The summed E-state index contributed by atoms with van der Waals surface area (Å²) >= 11 is 0. The number of terminal acetylenes is 1. The Morgan fingerprint density at radius 2 is 2.14 bits per heavy atom. The second kappa shape index (κ2) is 4.31. The fraction of sp³-hybridized carbons (Fsp3) is 0.818. The van der Waals surface area contributed by atoms with Crippen LogP contribution in [0, 0.1) is 12.3 Å². The SMILES string of the molecule is C#CCC(NC)C1CN2CCN1CC2. The smallest absolute Gasteiger partial charge is 0.0386 e. The van der Waals surface area contributed by atoms with Crippen LogP contribution in [0.4, 0.5) is 0 Å². The molecule has 3 aliphatic rings. The maximum atomic E-state index is 5.39. The molecule has 3 heteroatoms. The highest BCUT2D eigenvalue weighted by Crippen LogP contribution is 2.19. The van der Waals surface area contributed by atoms with Crippen molar-refractivity contribution in [1.82, 2.24) is 15.1 Å². The first-order valence-corrected chi connectivity index (χ1v) is 5.42. The molecule has 2 unspecified atom stereocenters. The van der Waals surface area contributed by atoms with Crippen LogP contribution in [0.25, 0.3) is 0 Å². The lowest BCUT2D eigenvalue weighted by Gasteiger charge is -2.49. The van der Waals surface area contributed by atoms with E-state index >= 15 is 0 Å². The van der Waals surface area contributed by atoms with Crippen molar-refractivity contribution in [2.75, 3.05) is 39.8 Å². The zero-order chi connectivity index (χ0) is 9.97. The molecule has 0 aromatic heterocycles. The second-order valence-corrected chi connectivity index (χ2v) is 4.21. The highest BCUT2D eigenvalue weighted by atomic mass is 15.4. The summed E-state index contributed by atoms with van der Waals surface area (Å²) in [5.74, 6) is 2.77.